The van der Waals surface area contributed by atoms with E-state index in [4.69, 9.17) is 4.74 Å². The molecule has 1 aromatic rings. The summed E-state index contributed by atoms with van der Waals surface area (Å²) in [6.45, 7) is 2.22. The molecule has 0 fully saturated rings. The lowest BCUT2D eigenvalue weighted by molar-refractivity contribution is 0.0574. The minimum atomic E-state index is 0.341. The fourth-order valence-electron chi connectivity index (χ4n) is 3.10. The third-order valence-electron chi connectivity index (χ3n) is 4.20. The zero-order valence-electron chi connectivity index (χ0n) is 11.8. The molecule has 2 heteroatoms. The molecule has 0 radical (unpaired) electrons. The second kappa shape index (κ2) is 6.35. The van der Waals surface area contributed by atoms with Gasteiger partial charge in [0.05, 0.1) is 6.10 Å². The van der Waals surface area contributed by atoms with Crippen LogP contribution in [0.2, 0.25) is 0 Å². The van der Waals surface area contributed by atoms with Gasteiger partial charge in [0, 0.05) is 13.2 Å². The molecule has 3 atom stereocenters. The lowest BCUT2D eigenvalue weighted by atomic mass is 9.73. The molecule has 1 aliphatic carbocycles. The molecule has 0 bridgehead atoms. The molecule has 0 spiro atoms. The van der Waals surface area contributed by atoms with Crippen molar-refractivity contribution >= 4 is 0 Å². The standard InChI is InChI=1S/C16H25NO/c1-4-7-16(18-3)15(17-2)11-13-10-12-8-5-6-9-14(12)13/h5-6,8-9,13,15-17H,4,7,10-11H2,1-3H3. The first-order chi connectivity index (χ1) is 8.80. The number of likely N-dealkylation sites (N-methyl/N-ethyl adjacent to an activating group) is 1. The highest BCUT2D eigenvalue weighted by Crippen LogP contribution is 2.38. The van der Waals surface area contributed by atoms with E-state index in [2.05, 4.69) is 43.6 Å². The SMILES string of the molecule is CCCC(OC)C(CC1Cc2ccccc21)NC. The van der Waals surface area contributed by atoms with Gasteiger partial charge in [-0.05, 0) is 43.4 Å². The Bertz CT molecular complexity index is 377. The summed E-state index contributed by atoms with van der Waals surface area (Å²) in [6, 6.07) is 9.28. The largest absolute Gasteiger partial charge is 0.380 e. The number of benzene rings is 1. The number of fused-ring (bicyclic) bond motifs is 1. The maximum atomic E-state index is 5.64. The van der Waals surface area contributed by atoms with Crippen LogP contribution in [0.4, 0.5) is 0 Å². The number of ether oxygens (including phenoxy) is 1. The van der Waals surface area contributed by atoms with Gasteiger partial charge in [0.25, 0.3) is 0 Å². The Morgan fingerprint density at radius 1 is 1.39 bits per heavy atom. The van der Waals surface area contributed by atoms with Crippen molar-refractivity contribution in [3.63, 3.8) is 0 Å². The first-order valence-corrected chi connectivity index (χ1v) is 7.08. The highest BCUT2D eigenvalue weighted by molar-refractivity contribution is 5.39. The van der Waals surface area contributed by atoms with Crippen LogP contribution in [0.5, 0.6) is 0 Å². The van der Waals surface area contributed by atoms with Gasteiger partial charge < -0.3 is 10.1 Å². The number of hydrogen-bond acceptors (Lipinski definition) is 2. The normalized spacial score (nSPS) is 20.9. The smallest absolute Gasteiger partial charge is 0.0724 e. The quantitative estimate of drug-likeness (QED) is 0.799. The van der Waals surface area contributed by atoms with Gasteiger partial charge in [-0.15, -0.1) is 0 Å². The minimum absolute atomic E-state index is 0.341. The molecule has 0 saturated carbocycles. The van der Waals surface area contributed by atoms with Gasteiger partial charge in [-0.1, -0.05) is 37.6 Å². The van der Waals surface area contributed by atoms with Crippen LogP contribution in [0.1, 0.15) is 43.2 Å². The summed E-state index contributed by atoms with van der Waals surface area (Å²) < 4.78 is 5.64. The van der Waals surface area contributed by atoms with Crippen LogP contribution in [0.3, 0.4) is 0 Å². The van der Waals surface area contributed by atoms with Crippen LogP contribution in [0, 0.1) is 0 Å². The van der Waals surface area contributed by atoms with E-state index in [1.54, 1.807) is 5.56 Å². The van der Waals surface area contributed by atoms with Crippen LogP contribution < -0.4 is 5.32 Å². The molecule has 0 amide bonds. The summed E-state index contributed by atoms with van der Waals surface area (Å²) in [6.07, 6.45) is 5.07. The fourth-order valence-corrected chi connectivity index (χ4v) is 3.10. The Labute approximate surface area is 111 Å². The van der Waals surface area contributed by atoms with E-state index in [1.807, 2.05) is 7.11 Å². The lowest BCUT2D eigenvalue weighted by Gasteiger charge is -2.35. The summed E-state index contributed by atoms with van der Waals surface area (Å²) >= 11 is 0. The van der Waals surface area contributed by atoms with Gasteiger partial charge in [-0.2, -0.15) is 0 Å². The van der Waals surface area contributed by atoms with Crippen LogP contribution >= 0.6 is 0 Å². The van der Waals surface area contributed by atoms with E-state index < -0.39 is 0 Å². The van der Waals surface area contributed by atoms with Gasteiger partial charge in [0.1, 0.15) is 0 Å². The zero-order valence-corrected chi connectivity index (χ0v) is 11.8. The van der Waals surface area contributed by atoms with Crippen LogP contribution in [0.25, 0.3) is 0 Å². The number of rotatable bonds is 7. The van der Waals surface area contributed by atoms with Crippen molar-refractivity contribution in [3.8, 4) is 0 Å². The molecule has 2 nitrogen and oxygen atoms in total. The average molecular weight is 247 g/mol. The number of methoxy groups -OCH3 is 1. The Morgan fingerprint density at radius 2 is 2.17 bits per heavy atom. The number of hydrogen-bond donors (Lipinski definition) is 1. The van der Waals surface area contributed by atoms with Crippen molar-refractivity contribution in [2.75, 3.05) is 14.2 Å². The first kappa shape index (κ1) is 13.6. The van der Waals surface area contributed by atoms with Crippen molar-refractivity contribution in [1.82, 2.24) is 5.32 Å². The summed E-state index contributed by atoms with van der Waals surface area (Å²) in [5.41, 5.74) is 3.07. The molecule has 18 heavy (non-hydrogen) atoms. The molecule has 1 aliphatic rings. The number of nitrogens with one attached hydrogen (secondary N) is 1. The maximum absolute atomic E-state index is 5.64. The predicted molar refractivity (Wildman–Crippen MR) is 76.1 cm³/mol. The molecule has 1 aromatic carbocycles. The Balaban J connectivity index is 1.96. The van der Waals surface area contributed by atoms with Crippen molar-refractivity contribution in [3.05, 3.63) is 35.4 Å². The summed E-state index contributed by atoms with van der Waals surface area (Å²) in [5.74, 6) is 0.716. The van der Waals surface area contributed by atoms with Crippen LogP contribution in [0.15, 0.2) is 24.3 Å². The molecule has 0 aliphatic heterocycles. The predicted octanol–water partition coefficient (Wildman–Crippen LogP) is 3.12. The second-order valence-electron chi connectivity index (χ2n) is 5.29. The molecule has 2 rings (SSSR count). The van der Waals surface area contributed by atoms with Crippen LogP contribution in [-0.4, -0.2) is 26.3 Å². The lowest BCUT2D eigenvalue weighted by Crippen LogP contribution is -2.41. The fraction of sp³-hybridized carbons (Fsp3) is 0.625. The summed E-state index contributed by atoms with van der Waals surface area (Å²) in [5, 5.41) is 3.44. The summed E-state index contributed by atoms with van der Waals surface area (Å²) in [7, 11) is 3.89. The molecule has 0 heterocycles. The van der Waals surface area contributed by atoms with E-state index >= 15 is 0 Å². The molecule has 0 aromatic heterocycles. The van der Waals surface area contributed by atoms with Crippen molar-refractivity contribution in [2.45, 2.75) is 50.7 Å². The average Bonchev–Trinajstić information content (AvgIpc) is 2.38. The van der Waals surface area contributed by atoms with Crippen molar-refractivity contribution in [2.24, 2.45) is 0 Å². The van der Waals surface area contributed by atoms with Gasteiger partial charge in [-0.3, -0.25) is 0 Å². The zero-order chi connectivity index (χ0) is 13.0. The molecule has 100 valence electrons. The van der Waals surface area contributed by atoms with Crippen LogP contribution in [-0.2, 0) is 11.2 Å². The molecule has 3 unspecified atom stereocenters. The van der Waals surface area contributed by atoms with E-state index in [0.717, 1.165) is 6.42 Å². The van der Waals surface area contributed by atoms with E-state index in [-0.39, 0.29) is 0 Å². The Morgan fingerprint density at radius 3 is 2.78 bits per heavy atom. The molecule has 0 saturated heterocycles. The third kappa shape index (κ3) is 2.76. The molecular weight excluding hydrogens is 222 g/mol. The van der Waals surface area contributed by atoms with Gasteiger partial charge in [0.2, 0.25) is 0 Å². The first-order valence-electron chi connectivity index (χ1n) is 7.08. The minimum Gasteiger partial charge on any atom is -0.380 e. The monoisotopic (exact) mass is 247 g/mol. The van der Waals surface area contributed by atoms with Gasteiger partial charge in [0.15, 0.2) is 0 Å². The van der Waals surface area contributed by atoms with E-state index in [9.17, 15) is 0 Å². The molecular formula is C16H25NO. The van der Waals surface area contributed by atoms with Gasteiger partial charge >= 0.3 is 0 Å². The highest BCUT2D eigenvalue weighted by Gasteiger charge is 2.30. The maximum Gasteiger partial charge on any atom is 0.0724 e. The van der Waals surface area contributed by atoms with Crippen molar-refractivity contribution < 1.29 is 4.74 Å². The van der Waals surface area contributed by atoms with E-state index in [0.29, 0.717) is 18.1 Å². The summed E-state index contributed by atoms with van der Waals surface area (Å²) in [4.78, 5) is 0. The third-order valence-corrected chi connectivity index (χ3v) is 4.20. The van der Waals surface area contributed by atoms with Crippen molar-refractivity contribution in [1.29, 1.82) is 0 Å². The second-order valence-corrected chi connectivity index (χ2v) is 5.29. The van der Waals surface area contributed by atoms with Gasteiger partial charge in [-0.25, -0.2) is 0 Å². The Hall–Kier alpha value is -0.860. The van der Waals surface area contributed by atoms with E-state index in [1.165, 1.54) is 24.8 Å². The molecule has 1 N–H and O–H groups in total. The topological polar surface area (TPSA) is 21.3 Å². The Kier molecular flexibility index (Phi) is 4.79. The highest BCUT2D eigenvalue weighted by atomic mass is 16.5.